The Bertz CT molecular complexity index is 878. The van der Waals surface area contributed by atoms with Crippen LogP contribution in [-0.4, -0.2) is 66.9 Å². The normalized spacial score (nSPS) is 15.1. The second kappa shape index (κ2) is 10.1. The number of benzene rings is 1. The zero-order valence-corrected chi connectivity index (χ0v) is 20.6. The van der Waals surface area contributed by atoms with E-state index >= 15 is 0 Å². The van der Waals surface area contributed by atoms with Crippen molar-refractivity contribution in [2.75, 3.05) is 45.2 Å². The molecule has 1 N–H and O–H groups in total. The molecule has 8 nitrogen and oxygen atoms in total. The van der Waals surface area contributed by atoms with E-state index in [-0.39, 0.29) is 41.8 Å². The number of hydrogen-bond donors (Lipinski definition) is 1. The summed E-state index contributed by atoms with van der Waals surface area (Å²) >= 11 is 0. The number of methoxy groups -OCH3 is 1. The number of ether oxygens (including phenoxy) is 1. The number of aryl methyl sites for hydroxylation is 1. The molecule has 9 heteroatoms. The highest BCUT2D eigenvalue weighted by atomic mass is 127. The monoisotopic (exact) mass is 526 g/mol. The number of amides is 1. The second-order valence-corrected chi connectivity index (χ2v) is 7.85. The maximum atomic E-state index is 12.7. The number of guanidine groups is 1. The third-order valence-electron chi connectivity index (χ3n) is 5.29. The second-order valence-electron chi connectivity index (χ2n) is 7.85. The summed E-state index contributed by atoms with van der Waals surface area (Å²) in [6.45, 7) is 6.66. The van der Waals surface area contributed by atoms with Gasteiger partial charge in [-0.3, -0.25) is 14.5 Å². The van der Waals surface area contributed by atoms with Crippen LogP contribution in [0, 0.1) is 0 Å². The number of anilines is 1. The van der Waals surface area contributed by atoms with Gasteiger partial charge in [0.25, 0.3) is 0 Å². The molecule has 1 aromatic carbocycles. The fourth-order valence-corrected chi connectivity index (χ4v) is 3.45. The fraction of sp³-hybridized carbons (Fsp3) is 0.476. The largest absolute Gasteiger partial charge is 0.497 e. The Kier molecular flexibility index (Phi) is 8.10. The van der Waals surface area contributed by atoms with Crippen LogP contribution in [0.4, 0.5) is 5.69 Å². The van der Waals surface area contributed by atoms with Gasteiger partial charge in [0.15, 0.2) is 5.96 Å². The van der Waals surface area contributed by atoms with Crippen molar-refractivity contribution in [3.05, 3.63) is 42.2 Å². The quantitative estimate of drug-likeness (QED) is 0.368. The summed E-state index contributed by atoms with van der Waals surface area (Å²) in [5, 5.41) is 7.60. The van der Waals surface area contributed by atoms with Crippen molar-refractivity contribution in [1.29, 1.82) is 0 Å². The zero-order chi connectivity index (χ0) is 21.0. The van der Waals surface area contributed by atoms with Crippen LogP contribution in [0.3, 0.4) is 0 Å². The fourth-order valence-electron chi connectivity index (χ4n) is 3.45. The molecule has 0 bridgehead atoms. The average Bonchev–Trinajstić information content (AvgIpc) is 3.14. The van der Waals surface area contributed by atoms with Gasteiger partial charge in [-0.25, -0.2) is 0 Å². The van der Waals surface area contributed by atoms with Crippen molar-refractivity contribution in [3.63, 3.8) is 0 Å². The lowest BCUT2D eigenvalue weighted by atomic mass is 9.84. The van der Waals surface area contributed by atoms with E-state index in [2.05, 4.69) is 41.4 Å². The molecule has 0 unspecified atom stereocenters. The van der Waals surface area contributed by atoms with Crippen LogP contribution in [0.1, 0.15) is 19.4 Å². The number of piperazine rings is 1. The number of nitrogens with zero attached hydrogens (tertiary/aromatic N) is 5. The number of carbonyl (C=O) groups excluding carboxylic acids is 1. The number of nitrogens with one attached hydrogen (secondary N) is 1. The Morgan fingerprint density at radius 1 is 1.27 bits per heavy atom. The molecule has 1 saturated heterocycles. The molecule has 30 heavy (non-hydrogen) atoms. The Morgan fingerprint density at radius 3 is 2.50 bits per heavy atom. The SMILES string of the molecule is CN=C(NCC(C)(C)c1ccc(OC)cc1)N1CCN(c2cnn(C)c2)C(=O)C1.I. The first-order valence-electron chi connectivity index (χ1n) is 9.73. The van der Waals surface area contributed by atoms with Gasteiger partial charge >= 0.3 is 0 Å². The first-order valence-corrected chi connectivity index (χ1v) is 9.73. The molecule has 2 heterocycles. The third-order valence-corrected chi connectivity index (χ3v) is 5.29. The van der Waals surface area contributed by atoms with Crippen LogP contribution >= 0.6 is 24.0 Å². The van der Waals surface area contributed by atoms with E-state index in [1.165, 1.54) is 5.56 Å². The summed E-state index contributed by atoms with van der Waals surface area (Å²) in [5.74, 6) is 1.63. The lowest BCUT2D eigenvalue weighted by Gasteiger charge is -2.36. The molecule has 1 aliphatic heterocycles. The minimum atomic E-state index is -0.107. The predicted octanol–water partition coefficient (Wildman–Crippen LogP) is 2.25. The van der Waals surface area contributed by atoms with Crippen LogP contribution in [0.5, 0.6) is 5.75 Å². The average molecular weight is 526 g/mol. The van der Waals surface area contributed by atoms with Crippen LogP contribution in [-0.2, 0) is 17.3 Å². The molecule has 0 aliphatic carbocycles. The summed E-state index contributed by atoms with van der Waals surface area (Å²) in [7, 11) is 5.27. The number of hydrogen-bond acceptors (Lipinski definition) is 4. The lowest BCUT2D eigenvalue weighted by Crippen LogP contribution is -2.56. The Balaban J connectivity index is 0.00000320. The molecule has 2 aromatic rings. The standard InChI is InChI=1S/C21H30N6O2.HI/c1-21(2,16-6-8-18(29-5)9-7-16)15-23-20(22-3)26-10-11-27(19(28)14-26)17-12-24-25(4)13-17;/h6-9,12-13H,10-11,14-15H2,1-5H3,(H,22,23);1H. The minimum Gasteiger partial charge on any atom is -0.497 e. The number of rotatable bonds is 5. The predicted molar refractivity (Wildman–Crippen MR) is 130 cm³/mol. The molecule has 3 rings (SSSR count). The maximum Gasteiger partial charge on any atom is 0.246 e. The molecular formula is C21H31IN6O2. The Labute approximate surface area is 195 Å². The molecule has 0 atom stereocenters. The third kappa shape index (κ3) is 5.44. The molecule has 0 saturated carbocycles. The molecular weight excluding hydrogens is 495 g/mol. The zero-order valence-electron chi connectivity index (χ0n) is 18.3. The summed E-state index contributed by atoms with van der Waals surface area (Å²) in [5.41, 5.74) is 1.93. The van der Waals surface area contributed by atoms with Crippen molar-refractivity contribution in [1.82, 2.24) is 20.0 Å². The molecule has 0 spiro atoms. The van der Waals surface area contributed by atoms with Gasteiger partial charge < -0.3 is 19.9 Å². The summed E-state index contributed by atoms with van der Waals surface area (Å²) < 4.78 is 6.95. The van der Waals surface area contributed by atoms with Crippen LogP contribution < -0.4 is 15.0 Å². The molecule has 164 valence electrons. The van der Waals surface area contributed by atoms with Crippen molar-refractivity contribution >= 4 is 41.5 Å². The number of aromatic nitrogens is 2. The topological polar surface area (TPSA) is 75.0 Å². The summed E-state index contributed by atoms with van der Waals surface area (Å²) in [6.07, 6.45) is 3.58. The lowest BCUT2D eigenvalue weighted by molar-refractivity contribution is -0.120. The minimum absolute atomic E-state index is 0. The van der Waals surface area contributed by atoms with Gasteiger partial charge in [0.1, 0.15) is 12.3 Å². The number of aliphatic imine (C=N–C) groups is 1. The van der Waals surface area contributed by atoms with E-state index in [0.29, 0.717) is 19.6 Å². The number of halogens is 1. The Morgan fingerprint density at radius 2 is 1.97 bits per heavy atom. The molecule has 1 amide bonds. The summed E-state index contributed by atoms with van der Waals surface area (Å²) in [4.78, 5) is 20.8. The van der Waals surface area contributed by atoms with E-state index in [9.17, 15) is 4.79 Å². The molecule has 1 fully saturated rings. The van der Waals surface area contributed by atoms with Gasteiger partial charge in [-0.2, -0.15) is 5.10 Å². The van der Waals surface area contributed by atoms with Gasteiger partial charge in [-0.1, -0.05) is 26.0 Å². The van der Waals surface area contributed by atoms with E-state index in [4.69, 9.17) is 4.74 Å². The highest BCUT2D eigenvalue weighted by Gasteiger charge is 2.29. The molecule has 1 aromatic heterocycles. The van der Waals surface area contributed by atoms with E-state index in [1.807, 2.05) is 30.3 Å². The van der Waals surface area contributed by atoms with E-state index in [0.717, 1.165) is 17.4 Å². The van der Waals surface area contributed by atoms with Gasteiger partial charge in [0.2, 0.25) is 5.91 Å². The van der Waals surface area contributed by atoms with E-state index in [1.54, 1.807) is 29.9 Å². The first-order chi connectivity index (χ1) is 13.8. The van der Waals surface area contributed by atoms with Crippen LogP contribution in [0.25, 0.3) is 0 Å². The van der Waals surface area contributed by atoms with Crippen molar-refractivity contribution in [2.45, 2.75) is 19.3 Å². The van der Waals surface area contributed by atoms with E-state index < -0.39 is 0 Å². The van der Waals surface area contributed by atoms with Crippen LogP contribution in [0.15, 0.2) is 41.7 Å². The van der Waals surface area contributed by atoms with Crippen molar-refractivity contribution in [3.8, 4) is 5.75 Å². The van der Waals surface area contributed by atoms with Crippen molar-refractivity contribution < 1.29 is 9.53 Å². The van der Waals surface area contributed by atoms with Gasteiger partial charge in [-0.15, -0.1) is 24.0 Å². The first kappa shape index (κ1) is 24.0. The number of carbonyl (C=O) groups is 1. The summed E-state index contributed by atoms with van der Waals surface area (Å²) in [6, 6.07) is 8.11. The maximum absolute atomic E-state index is 12.7. The highest BCUT2D eigenvalue weighted by molar-refractivity contribution is 14.0. The molecule has 0 radical (unpaired) electrons. The van der Waals surface area contributed by atoms with Gasteiger partial charge in [-0.05, 0) is 17.7 Å². The highest BCUT2D eigenvalue weighted by Crippen LogP contribution is 2.24. The Hall–Kier alpha value is -2.30. The van der Waals surface area contributed by atoms with Gasteiger partial charge in [0, 0.05) is 45.3 Å². The van der Waals surface area contributed by atoms with Crippen LogP contribution in [0.2, 0.25) is 0 Å². The van der Waals surface area contributed by atoms with Gasteiger partial charge in [0.05, 0.1) is 19.0 Å². The smallest absolute Gasteiger partial charge is 0.246 e. The van der Waals surface area contributed by atoms with Crippen molar-refractivity contribution in [2.24, 2.45) is 12.0 Å². The molecule has 1 aliphatic rings.